The van der Waals surface area contributed by atoms with Gasteiger partial charge in [0, 0.05) is 4.47 Å². The number of imidazole rings is 1. The third kappa shape index (κ3) is 2.89. The van der Waals surface area contributed by atoms with Gasteiger partial charge in [-0.1, -0.05) is 34.1 Å². The lowest BCUT2D eigenvalue weighted by molar-refractivity contribution is 0.343. The molecule has 0 saturated carbocycles. The van der Waals surface area contributed by atoms with E-state index in [9.17, 15) is 0 Å². The summed E-state index contributed by atoms with van der Waals surface area (Å²) in [5.41, 5.74) is 3.22. The molecule has 0 aliphatic rings. The Hall–Kier alpha value is -1.59. The summed E-state index contributed by atoms with van der Waals surface area (Å²) in [6.45, 7) is 3.34. The van der Waals surface area contributed by atoms with Gasteiger partial charge in [0.05, 0.1) is 18.7 Å². The largest absolute Gasteiger partial charge is 0.492 e. The van der Waals surface area contributed by atoms with E-state index in [1.54, 1.807) is 0 Å². The van der Waals surface area contributed by atoms with Crippen molar-refractivity contribution in [3.05, 3.63) is 57.3 Å². The molecule has 0 aliphatic carbocycles. The van der Waals surface area contributed by atoms with Crippen molar-refractivity contribution in [3.63, 3.8) is 0 Å². The summed E-state index contributed by atoms with van der Waals surface area (Å²) in [5.74, 6) is 0.842. The van der Waals surface area contributed by atoms with Crippen molar-refractivity contribution < 1.29 is 4.74 Å². The van der Waals surface area contributed by atoms with E-state index in [0.717, 1.165) is 27.8 Å². The van der Waals surface area contributed by atoms with Gasteiger partial charge in [-0.15, -0.1) is 0 Å². The molecule has 0 spiro atoms. The second-order valence-electron chi connectivity index (χ2n) is 4.73. The molecule has 108 valence electrons. The van der Waals surface area contributed by atoms with E-state index in [1.807, 2.05) is 31.2 Å². The van der Waals surface area contributed by atoms with Crippen LogP contribution in [0.4, 0.5) is 0 Å². The predicted molar refractivity (Wildman–Crippen MR) is 91.5 cm³/mol. The molecule has 1 N–H and O–H groups in total. The molecular formula is C16H15BrN2OS. The highest BCUT2D eigenvalue weighted by molar-refractivity contribution is 9.10. The molecule has 21 heavy (non-hydrogen) atoms. The fraction of sp³-hybridized carbons (Fsp3) is 0.188. The molecule has 1 aromatic heterocycles. The first-order chi connectivity index (χ1) is 10.2. The van der Waals surface area contributed by atoms with Crippen molar-refractivity contribution in [1.29, 1.82) is 0 Å². The molecule has 0 saturated heterocycles. The number of hydrogen-bond donors (Lipinski definition) is 1. The normalized spacial score (nSPS) is 11.0. The SMILES string of the molecule is CCOc1cccc2c1[nH]c(=S)n2Cc1cccc(Br)c1. The minimum atomic E-state index is 0.635. The fourth-order valence-corrected chi connectivity index (χ4v) is 3.12. The van der Waals surface area contributed by atoms with Gasteiger partial charge in [-0.3, -0.25) is 0 Å². The van der Waals surface area contributed by atoms with E-state index < -0.39 is 0 Å². The number of rotatable bonds is 4. The van der Waals surface area contributed by atoms with Crippen LogP contribution in [0.1, 0.15) is 12.5 Å². The van der Waals surface area contributed by atoms with Crippen molar-refractivity contribution in [1.82, 2.24) is 9.55 Å². The number of aromatic amines is 1. The molecule has 5 heteroatoms. The van der Waals surface area contributed by atoms with Crippen LogP contribution in [0.25, 0.3) is 11.0 Å². The summed E-state index contributed by atoms with van der Waals surface area (Å²) in [4.78, 5) is 3.26. The molecule has 3 rings (SSSR count). The molecule has 0 amide bonds. The Balaban J connectivity index is 2.08. The number of fused-ring (bicyclic) bond motifs is 1. The Kier molecular flexibility index (Phi) is 4.12. The van der Waals surface area contributed by atoms with E-state index in [1.165, 1.54) is 5.56 Å². The van der Waals surface area contributed by atoms with Gasteiger partial charge in [-0.05, 0) is 49.0 Å². The van der Waals surface area contributed by atoms with Crippen molar-refractivity contribution in [2.24, 2.45) is 0 Å². The number of aromatic nitrogens is 2. The molecule has 1 heterocycles. The summed E-state index contributed by atoms with van der Waals surface area (Å²) < 4.78 is 9.53. The number of nitrogens with one attached hydrogen (secondary N) is 1. The first-order valence-electron chi connectivity index (χ1n) is 6.78. The molecule has 0 bridgehead atoms. The Morgan fingerprint density at radius 1 is 1.24 bits per heavy atom. The first kappa shape index (κ1) is 14.4. The zero-order valence-corrected chi connectivity index (χ0v) is 14.0. The van der Waals surface area contributed by atoms with Crippen molar-refractivity contribution >= 4 is 39.2 Å². The van der Waals surface area contributed by atoms with E-state index in [-0.39, 0.29) is 0 Å². The Bertz CT molecular complexity index is 838. The van der Waals surface area contributed by atoms with Gasteiger partial charge >= 0.3 is 0 Å². The average molecular weight is 363 g/mol. The maximum Gasteiger partial charge on any atom is 0.178 e. The highest BCUT2D eigenvalue weighted by Crippen LogP contribution is 2.26. The molecule has 3 aromatic rings. The fourth-order valence-electron chi connectivity index (χ4n) is 2.40. The summed E-state index contributed by atoms with van der Waals surface area (Å²) in [6.07, 6.45) is 0. The number of H-pyrrole nitrogens is 1. The zero-order valence-electron chi connectivity index (χ0n) is 11.6. The lowest BCUT2D eigenvalue weighted by atomic mass is 10.2. The highest BCUT2D eigenvalue weighted by atomic mass is 79.9. The molecule has 3 nitrogen and oxygen atoms in total. The number of nitrogens with zero attached hydrogens (tertiary/aromatic N) is 1. The zero-order chi connectivity index (χ0) is 14.8. The molecule has 0 unspecified atom stereocenters. The second-order valence-corrected chi connectivity index (χ2v) is 6.03. The van der Waals surface area contributed by atoms with Crippen LogP contribution in [-0.2, 0) is 6.54 Å². The Morgan fingerprint density at radius 2 is 2.05 bits per heavy atom. The van der Waals surface area contributed by atoms with Crippen LogP contribution in [0.2, 0.25) is 0 Å². The maximum atomic E-state index is 5.66. The van der Waals surface area contributed by atoms with Gasteiger partial charge in [0.15, 0.2) is 4.77 Å². The highest BCUT2D eigenvalue weighted by Gasteiger charge is 2.09. The monoisotopic (exact) mass is 362 g/mol. The summed E-state index contributed by atoms with van der Waals surface area (Å²) in [5, 5.41) is 0. The number of hydrogen-bond acceptors (Lipinski definition) is 2. The quantitative estimate of drug-likeness (QED) is 0.668. The van der Waals surface area contributed by atoms with Crippen LogP contribution in [0.3, 0.4) is 0 Å². The van der Waals surface area contributed by atoms with E-state index in [4.69, 9.17) is 17.0 Å². The lowest BCUT2D eigenvalue weighted by Crippen LogP contribution is -1.99. The van der Waals surface area contributed by atoms with E-state index in [0.29, 0.717) is 11.4 Å². The van der Waals surface area contributed by atoms with E-state index in [2.05, 4.69) is 43.7 Å². The van der Waals surface area contributed by atoms with Crippen LogP contribution >= 0.6 is 28.1 Å². The van der Waals surface area contributed by atoms with Crippen LogP contribution < -0.4 is 4.74 Å². The van der Waals surface area contributed by atoms with Crippen molar-refractivity contribution in [3.8, 4) is 5.75 Å². The summed E-state index contributed by atoms with van der Waals surface area (Å²) >= 11 is 8.97. The van der Waals surface area contributed by atoms with Gasteiger partial charge < -0.3 is 14.3 Å². The van der Waals surface area contributed by atoms with Gasteiger partial charge in [0.1, 0.15) is 11.3 Å². The molecule has 0 radical (unpaired) electrons. The van der Waals surface area contributed by atoms with Gasteiger partial charge in [0.25, 0.3) is 0 Å². The number of benzene rings is 2. The summed E-state index contributed by atoms with van der Waals surface area (Å²) in [6, 6.07) is 14.3. The minimum absolute atomic E-state index is 0.635. The number of para-hydroxylation sites is 1. The van der Waals surface area contributed by atoms with Gasteiger partial charge in [0.2, 0.25) is 0 Å². The number of ether oxygens (including phenoxy) is 1. The van der Waals surface area contributed by atoms with Gasteiger partial charge in [-0.2, -0.15) is 0 Å². The molecule has 0 atom stereocenters. The van der Waals surface area contributed by atoms with Crippen LogP contribution in [0, 0.1) is 4.77 Å². The first-order valence-corrected chi connectivity index (χ1v) is 7.98. The lowest BCUT2D eigenvalue weighted by Gasteiger charge is -2.07. The van der Waals surface area contributed by atoms with Crippen molar-refractivity contribution in [2.45, 2.75) is 13.5 Å². The third-order valence-corrected chi connectivity index (χ3v) is 4.12. The Labute approximate surface area is 136 Å². The molecular weight excluding hydrogens is 348 g/mol. The smallest absolute Gasteiger partial charge is 0.178 e. The van der Waals surface area contributed by atoms with Crippen molar-refractivity contribution in [2.75, 3.05) is 6.61 Å². The molecule has 2 aromatic carbocycles. The molecule has 0 fully saturated rings. The van der Waals surface area contributed by atoms with Gasteiger partial charge in [-0.25, -0.2) is 0 Å². The topological polar surface area (TPSA) is 29.9 Å². The maximum absolute atomic E-state index is 5.66. The predicted octanol–water partition coefficient (Wildman–Crippen LogP) is 4.91. The molecule has 0 aliphatic heterocycles. The second kappa shape index (κ2) is 6.03. The Morgan fingerprint density at radius 3 is 2.81 bits per heavy atom. The minimum Gasteiger partial charge on any atom is -0.492 e. The van der Waals surface area contributed by atoms with E-state index >= 15 is 0 Å². The van der Waals surface area contributed by atoms with Crippen LogP contribution in [0.15, 0.2) is 46.9 Å². The standard InChI is InChI=1S/C16H15BrN2OS/c1-2-20-14-8-4-7-13-15(14)18-16(21)19(13)10-11-5-3-6-12(17)9-11/h3-9H,2,10H2,1H3,(H,18,21). The van der Waals surface area contributed by atoms with Crippen LogP contribution in [-0.4, -0.2) is 16.2 Å². The third-order valence-electron chi connectivity index (χ3n) is 3.30. The van der Waals surface area contributed by atoms with Crippen LogP contribution in [0.5, 0.6) is 5.75 Å². The number of halogens is 1. The summed E-state index contributed by atoms with van der Waals surface area (Å²) in [7, 11) is 0. The average Bonchev–Trinajstić information content (AvgIpc) is 2.77.